The van der Waals surface area contributed by atoms with Crippen molar-refractivity contribution in [1.29, 1.82) is 0 Å². The van der Waals surface area contributed by atoms with Gasteiger partial charge in [0.25, 0.3) is 5.78 Å². The van der Waals surface area contributed by atoms with Crippen molar-refractivity contribution in [3.8, 4) is 0 Å². The van der Waals surface area contributed by atoms with Crippen LogP contribution in [-0.4, -0.2) is 25.4 Å². The number of carbonyl (C=O) groups is 1. The number of aromatic nitrogens is 4. The minimum atomic E-state index is 0.123. The van der Waals surface area contributed by atoms with Gasteiger partial charge in [0.05, 0.1) is 11.3 Å². The van der Waals surface area contributed by atoms with Gasteiger partial charge in [-0.15, -0.1) is 5.10 Å². The van der Waals surface area contributed by atoms with E-state index in [2.05, 4.69) is 83.7 Å². The van der Waals surface area contributed by atoms with Gasteiger partial charge in [-0.2, -0.15) is 4.98 Å². The van der Waals surface area contributed by atoms with Crippen LogP contribution in [0.1, 0.15) is 45.1 Å². The standard InChI is InChI=1S/C27H22N4OS/c1-17-6-4-9-19(12-17)21-13-24-23(25(32)14-21)15-31-26(28-24)29-27(30-31)33-16-20-10-5-8-18-7-2-3-11-22(18)20/h2-12,15,21H,13-14,16H2,1H3/t21-/m1/s1. The van der Waals surface area contributed by atoms with E-state index in [1.54, 1.807) is 22.5 Å². The molecule has 0 radical (unpaired) electrons. The molecular weight excluding hydrogens is 428 g/mol. The van der Waals surface area contributed by atoms with Crippen LogP contribution in [0.5, 0.6) is 0 Å². The van der Waals surface area contributed by atoms with Crippen LogP contribution < -0.4 is 0 Å². The number of benzene rings is 3. The molecule has 5 aromatic rings. The Morgan fingerprint density at radius 3 is 2.76 bits per heavy atom. The highest BCUT2D eigenvalue weighted by Gasteiger charge is 2.28. The van der Waals surface area contributed by atoms with E-state index in [1.807, 2.05) is 0 Å². The summed E-state index contributed by atoms with van der Waals surface area (Å²) in [5, 5.41) is 7.74. The molecule has 162 valence electrons. The number of nitrogens with zero attached hydrogens (tertiary/aromatic N) is 4. The molecule has 2 heterocycles. The van der Waals surface area contributed by atoms with Crippen LogP contribution in [0.2, 0.25) is 0 Å². The zero-order valence-corrected chi connectivity index (χ0v) is 19.0. The Kier molecular flexibility index (Phi) is 4.95. The van der Waals surface area contributed by atoms with Crippen molar-refractivity contribution in [2.75, 3.05) is 0 Å². The number of carbonyl (C=O) groups excluding carboxylic acids is 1. The van der Waals surface area contributed by atoms with E-state index in [9.17, 15) is 4.79 Å². The van der Waals surface area contributed by atoms with E-state index in [0.29, 0.717) is 22.9 Å². The zero-order valence-electron chi connectivity index (χ0n) is 18.2. The van der Waals surface area contributed by atoms with Crippen molar-refractivity contribution >= 4 is 34.1 Å². The third kappa shape index (κ3) is 3.80. The summed E-state index contributed by atoms with van der Waals surface area (Å²) < 4.78 is 1.65. The molecule has 33 heavy (non-hydrogen) atoms. The molecule has 1 atom stereocenters. The quantitative estimate of drug-likeness (QED) is 0.324. The molecule has 0 saturated heterocycles. The highest BCUT2D eigenvalue weighted by atomic mass is 32.2. The Hall–Kier alpha value is -3.51. The molecule has 2 aromatic heterocycles. The molecule has 0 aliphatic heterocycles. The van der Waals surface area contributed by atoms with Crippen LogP contribution in [0.4, 0.5) is 0 Å². The lowest BCUT2D eigenvalue weighted by atomic mass is 9.82. The van der Waals surface area contributed by atoms with Gasteiger partial charge in [-0.05, 0) is 41.2 Å². The largest absolute Gasteiger partial charge is 0.294 e. The van der Waals surface area contributed by atoms with Crippen molar-refractivity contribution < 1.29 is 4.79 Å². The van der Waals surface area contributed by atoms with E-state index in [1.165, 1.54) is 27.5 Å². The Labute approximate surface area is 195 Å². The fraction of sp³-hybridized carbons (Fsp3) is 0.185. The van der Waals surface area contributed by atoms with E-state index in [-0.39, 0.29) is 11.7 Å². The topological polar surface area (TPSA) is 60.2 Å². The number of thioether (sulfide) groups is 1. The number of fused-ring (bicyclic) bond motifs is 3. The Morgan fingerprint density at radius 1 is 1.00 bits per heavy atom. The number of ketones is 1. The second kappa shape index (κ2) is 8.12. The van der Waals surface area contributed by atoms with E-state index in [0.717, 1.165) is 17.9 Å². The fourth-order valence-corrected chi connectivity index (χ4v) is 5.47. The van der Waals surface area contributed by atoms with Crippen LogP contribution in [-0.2, 0) is 12.2 Å². The van der Waals surface area contributed by atoms with Gasteiger partial charge in [0.15, 0.2) is 5.78 Å². The van der Waals surface area contributed by atoms with Crippen molar-refractivity contribution in [3.63, 3.8) is 0 Å². The molecule has 1 aliphatic rings. The summed E-state index contributed by atoms with van der Waals surface area (Å²) in [6.07, 6.45) is 3.05. The highest BCUT2D eigenvalue weighted by Crippen LogP contribution is 2.33. The average Bonchev–Trinajstić information content (AvgIpc) is 3.23. The molecule has 0 unspecified atom stereocenters. The lowest BCUT2D eigenvalue weighted by Gasteiger charge is -2.23. The SMILES string of the molecule is Cc1cccc([C@H]2CC(=O)c3cn4nc(SCc5cccc6ccccc56)nc4nc3C2)c1. The van der Waals surface area contributed by atoms with Gasteiger partial charge in [-0.25, -0.2) is 9.50 Å². The molecule has 0 N–H and O–H groups in total. The van der Waals surface area contributed by atoms with Crippen molar-refractivity contribution in [2.24, 2.45) is 0 Å². The van der Waals surface area contributed by atoms with Crippen LogP contribution >= 0.6 is 11.8 Å². The fourth-order valence-electron chi connectivity index (χ4n) is 4.65. The zero-order chi connectivity index (χ0) is 22.4. The molecule has 3 aromatic carbocycles. The Morgan fingerprint density at radius 2 is 1.85 bits per heavy atom. The molecule has 6 heteroatoms. The summed E-state index contributed by atoms with van der Waals surface area (Å²) in [4.78, 5) is 22.3. The smallest absolute Gasteiger partial charge is 0.253 e. The summed E-state index contributed by atoms with van der Waals surface area (Å²) in [5.41, 5.74) is 5.15. The van der Waals surface area contributed by atoms with Crippen molar-refractivity contribution in [2.45, 2.75) is 36.6 Å². The summed E-state index contributed by atoms with van der Waals surface area (Å²) in [7, 11) is 0. The molecule has 6 rings (SSSR count). The summed E-state index contributed by atoms with van der Waals surface area (Å²) in [6.45, 7) is 2.08. The lowest BCUT2D eigenvalue weighted by Crippen LogP contribution is -2.21. The monoisotopic (exact) mass is 450 g/mol. The number of Topliss-reactive ketones (excluding diaryl/α,β-unsaturated/α-hetero) is 1. The summed E-state index contributed by atoms with van der Waals surface area (Å²) >= 11 is 1.59. The van der Waals surface area contributed by atoms with Gasteiger partial charge in [-0.1, -0.05) is 84.1 Å². The maximum Gasteiger partial charge on any atom is 0.253 e. The normalized spacial score (nSPS) is 15.8. The first-order valence-corrected chi connectivity index (χ1v) is 12.1. The number of rotatable bonds is 4. The summed E-state index contributed by atoms with van der Waals surface area (Å²) in [6, 6.07) is 23.2. The van der Waals surface area contributed by atoms with Gasteiger partial charge in [0.2, 0.25) is 5.16 Å². The molecule has 0 spiro atoms. The first-order valence-electron chi connectivity index (χ1n) is 11.1. The van der Waals surface area contributed by atoms with E-state index in [4.69, 9.17) is 4.98 Å². The van der Waals surface area contributed by atoms with Crippen molar-refractivity contribution in [3.05, 3.63) is 101 Å². The molecule has 5 nitrogen and oxygen atoms in total. The van der Waals surface area contributed by atoms with Gasteiger partial charge in [0, 0.05) is 18.4 Å². The third-order valence-electron chi connectivity index (χ3n) is 6.31. The van der Waals surface area contributed by atoms with Gasteiger partial charge in [-0.3, -0.25) is 4.79 Å². The van der Waals surface area contributed by atoms with Crippen LogP contribution in [0.25, 0.3) is 16.6 Å². The molecule has 0 saturated carbocycles. The number of hydrogen-bond donors (Lipinski definition) is 0. The molecular formula is C27H22N4OS. The van der Waals surface area contributed by atoms with E-state index < -0.39 is 0 Å². The molecule has 0 amide bonds. The minimum Gasteiger partial charge on any atom is -0.294 e. The van der Waals surface area contributed by atoms with Crippen LogP contribution in [0.3, 0.4) is 0 Å². The lowest BCUT2D eigenvalue weighted by molar-refractivity contribution is 0.0962. The first kappa shape index (κ1) is 20.1. The maximum absolute atomic E-state index is 12.9. The second-order valence-corrected chi connectivity index (χ2v) is 9.55. The predicted molar refractivity (Wildman–Crippen MR) is 131 cm³/mol. The van der Waals surface area contributed by atoms with E-state index >= 15 is 0 Å². The average molecular weight is 451 g/mol. The first-order chi connectivity index (χ1) is 16.1. The maximum atomic E-state index is 12.9. The molecule has 0 bridgehead atoms. The highest BCUT2D eigenvalue weighted by molar-refractivity contribution is 7.98. The molecule has 0 fully saturated rings. The van der Waals surface area contributed by atoms with Crippen molar-refractivity contribution in [1.82, 2.24) is 19.6 Å². The predicted octanol–water partition coefficient (Wildman–Crippen LogP) is 5.79. The third-order valence-corrected chi connectivity index (χ3v) is 7.20. The Bertz CT molecular complexity index is 1520. The minimum absolute atomic E-state index is 0.123. The second-order valence-electron chi connectivity index (χ2n) is 8.61. The van der Waals surface area contributed by atoms with Crippen LogP contribution in [0, 0.1) is 6.92 Å². The van der Waals surface area contributed by atoms with Crippen LogP contribution in [0.15, 0.2) is 78.1 Å². The number of hydrogen-bond acceptors (Lipinski definition) is 5. The van der Waals surface area contributed by atoms with Gasteiger partial charge < -0.3 is 0 Å². The van der Waals surface area contributed by atoms with Gasteiger partial charge >= 0.3 is 0 Å². The summed E-state index contributed by atoms with van der Waals surface area (Å²) in [5.74, 6) is 1.60. The van der Waals surface area contributed by atoms with Gasteiger partial charge in [0.1, 0.15) is 0 Å². The molecule has 1 aliphatic carbocycles. The number of aryl methyl sites for hydroxylation is 1. The Balaban J connectivity index is 1.28.